The minimum atomic E-state index is -0.943. The molecule has 0 aliphatic heterocycles. The highest BCUT2D eigenvalue weighted by molar-refractivity contribution is 7.09. The topological polar surface area (TPSA) is 107 Å². The van der Waals surface area contributed by atoms with Crippen LogP contribution in [-0.4, -0.2) is 36.4 Å². The highest BCUT2D eigenvalue weighted by Gasteiger charge is 2.37. The van der Waals surface area contributed by atoms with Gasteiger partial charge < -0.3 is 20.5 Å². The second-order valence-corrected chi connectivity index (χ2v) is 10.9. The Bertz CT molecular complexity index is 1510. The maximum absolute atomic E-state index is 14.5. The SMILES string of the molecule is COc1ccc(-c2nsc(C(=O)N(c3ccccc3C)[C@H](C(=O)NC3CCCC3)c3ccc(OC)cc3)c2N)cc1. The molecular formula is C32H34N4O4S. The normalized spacial score (nSPS) is 13.9. The van der Waals surface area contributed by atoms with Crippen LogP contribution >= 0.6 is 11.5 Å². The summed E-state index contributed by atoms with van der Waals surface area (Å²) in [6, 6.07) is 21.3. The van der Waals surface area contributed by atoms with E-state index in [1.165, 1.54) is 0 Å². The number of nitrogens with two attached hydrogens (primary N) is 1. The summed E-state index contributed by atoms with van der Waals surface area (Å²) in [7, 11) is 3.20. The van der Waals surface area contributed by atoms with Gasteiger partial charge in [-0.15, -0.1) is 0 Å². The average molecular weight is 571 g/mol. The van der Waals surface area contributed by atoms with Crippen molar-refractivity contribution in [1.29, 1.82) is 0 Å². The number of methoxy groups -OCH3 is 2. The Labute approximate surface area is 244 Å². The maximum atomic E-state index is 14.5. The van der Waals surface area contributed by atoms with E-state index in [0.29, 0.717) is 28.4 Å². The molecule has 2 amide bonds. The van der Waals surface area contributed by atoms with Crippen LogP contribution in [0.5, 0.6) is 11.5 Å². The van der Waals surface area contributed by atoms with Crippen LogP contribution in [0.3, 0.4) is 0 Å². The van der Waals surface area contributed by atoms with Crippen molar-refractivity contribution in [1.82, 2.24) is 9.69 Å². The van der Waals surface area contributed by atoms with Gasteiger partial charge in [0.2, 0.25) is 5.91 Å². The van der Waals surface area contributed by atoms with Crippen molar-refractivity contribution in [2.24, 2.45) is 0 Å². The smallest absolute Gasteiger partial charge is 0.273 e. The van der Waals surface area contributed by atoms with Crippen LogP contribution in [0.1, 0.15) is 52.5 Å². The van der Waals surface area contributed by atoms with Crippen LogP contribution in [0.4, 0.5) is 11.4 Å². The lowest BCUT2D eigenvalue weighted by atomic mass is 10.0. The molecule has 4 aromatic rings. The van der Waals surface area contributed by atoms with Crippen molar-refractivity contribution >= 4 is 34.7 Å². The molecule has 212 valence electrons. The highest BCUT2D eigenvalue weighted by atomic mass is 32.1. The van der Waals surface area contributed by atoms with E-state index in [4.69, 9.17) is 15.2 Å². The van der Waals surface area contributed by atoms with Crippen LogP contribution in [0.15, 0.2) is 72.8 Å². The Morgan fingerprint density at radius 3 is 2.17 bits per heavy atom. The average Bonchev–Trinajstić information content (AvgIpc) is 3.65. The van der Waals surface area contributed by atoms with Gasteiger partial charge in [0.05, 0.1) is 19.9 Å². The Morgan fingerprint density at radius 1 is 0.951 bits per heavy atom. The van der Waals surface area contributed by atoms with Gasteiger partial charge in [0.15, 0.2) is 0 Å². The van der Waals surface area contributed by atoms with Crippen molar-refractivity contribution in [3.8, 4) is 22.8 Å². The predicted molar refractivity (Wildman–Crippen MR) is 163 cm³/mol. The number of ether oxygens (including phenoxy) is 2. The zero-order valence-electron chi connectivity index (χ0n) is 23.4. The quantitative estimate of drug-likeness (QED) is 0.249. The molecule has 1 aromatic heterocycles. The number of para-hydroxylation sites is 1. The first-order valence-corrected chi connectivity index (χ1v) is 14.4. The summed E-state index contributed by atoms with van der Waals surface area (Å²) in [6.07, 6.45) is 3.99. The van der Waals surface area contributed by atoms with E-state index in [0.717, 1.165) is 48.3 Å². The van der Waals surface area contributed by atoms with E-state index in [9.17, 15) is 9.59 Å². The third kappa shape index (κ3) is 5.90. The largest absolute Gasteiger partial charge is 0.497 e. The van der Waals surface area contributed by atoms with E-state index in [-0.39, 0.29) is 22.5 Å². The molecule has 0 saturated heterocycles. The highest BCUT2D eigenvalue weighted by Crippen LogP contribution is 2.38. The fourth-order valence-electron chi connectivity index (χ4n) is 5.27. The molecule has 1 fully saturated rings. The van der Waals surface area contributed by atoms with E-state index >= 15 is 0 Å². The minimum absolute atomic E-state index is 0.0761. The van der Waals surface area contributed by atoms with E-state index in [1.54, 1.807) is 31.3 Å². The van der Waals surface area contributed by atoms with Crippen LogP contribution in [0, 0.1) is 6.92 Å². The third-order valence-electron chi connectivity index (χ3n) is 7.52. The molecule has 1 heterocycles. The molecule has 9 heteroatoms. The molecule has 0 unspecified atom stereocenters. The molecular weight excluding hydrogens is 536 g/mol. The second-order valence-electron chi connectivity index (χ2n) is 10.1. The Hall–Kier alpha value is -4.37. The molecule has 0 radical (unpaired) electrons. The Morgan fingerprint density at radius 2 is 1.56 bits per heavy atom. The summed E-state index contributed by atoms with van der Waals surface area (Å²) in [5.74, 6) is 0.738. The summed E-state index contributed by atoms with van der Waals surface area (Å²) < 4.78 is 15.2. The fourth-order valence-corrected chi connectivity index (χ4v) is 6.03. The first kappa shape index (κ1) is 28.2. The Balaban J connectivity index is 1.61. The lowest BCUT2D eigenvalue weighted by molar-refractivity contribution is -0.123. The van der Waals surface area contributed by atoms with Crippen molar-refractivity contribution in [2.45, 2.75) is 44.7 Å². The molecule has 8 nitrogen and oxygen atoms in total. The summed E-state index contributed by atoms with van der Waals surface area (Å²) in [4.78, 5) is 30.5. The molecule has 0 spiro atoms. The van der Waals surface area contributed by atoms with Crippen LogP contribution < -0.4 is 25.4 Å². The van der Waals surface area contributed by atoms with Gasteiger partial charge in [-0.2, -0.15) is 4.37 Å². The maximum Gasteiger partial charge on any atom is 0.273 e. The molecule has 1 saturated carbocycles. The predicted octanol–water partition coefficient (Wildman–Crippen LogP) is 6.16. The zero-order chi connectivity index (χ0) is 28.9. The standard InChI is InChI=1S/C32H34N4O4S/c1-20-8-4-7-11-26(20)36(32(38)30-27(33)28(35-41-30)21-12-16-24(39-2)17-13-21)29(22-14-18-25(40-3)19-15-22)31(37)34-23-9-5-6-10-23/h4,7-8,11-19,23,29H,5-6,9-10,33H2,1-3H3,(H,34,37)/t29-/m0/s1. The van der Waals surface area contributed by atoms with Crippen molar-refractivity contribution < 1.29 is 19.1 Å². The number of nitrogen functional groups attached to an aromatic ring is 1. The van der Waals surface area contributed by atoms with E-state index < -0.39 is 11.9 Å². The summed E-state index contributed by atoms with van der Waals surface area (Å²) in [5, 5.41) is 3.22. The second kappa shape index (κ2) is 12.4. The van der Waals surface area contributed by atoms with E-state index in [2.05, 4.69) is 9.69 Å². The molecule has 1 aliphatic carbocycles. The van der Waals surface area contributed by atoms with Gasteiger partial charge in [-0.3, -0.25) is 14.5 Å². The molecule has 3 aromatic carbocycles. The monoisotopic (exact) mass is 570 g/mol. The molecule has 0 bridgehead atoms. The number of carbonyl (C=O) groups is 2. The number of nitrogens with zero attached hydrogens (tertiary/aromatic N) is 2. The van der Waals surface area contributed by atoms with Crippen LogP contribution in [0.2, 0.25) is 0 Å². The van der Waals surface area contributed by atoms with Crippen molar-refractivity contribution in [3.05, 3.63) is 88.8 Å². The number of benzene rings is 3. The number of hydrogen-bond acceptors (Lipinski definition) is 7. The number of aryl methyl sites for hydroxylation is 1. The third-order valence-corrected chi connectivity index (χ3v) is 8.37. The van der Waals surface area contributed by atoms with Gasteiger partial charge >= 0.3 is 0 Å². The number of carbonyl (C=O) groups excluding carboxylic acids is 2. The van der Waals surface area contributed by atoms with Gasteiger partial charge in [-0.25, -0.2) is 0 Å². The van der Waals surface area contributed by atoms with Gasteiger partial charge in [0.1, 0.15) is 28.1 Å². The first-order valence-electron chi connectivity index (χ1n) is 13.6. The van der Waals surface area contributed by atoms with Crippen molar-refractivity contribution in [3.63, 3.8) is 0 Å². The van der Waals surface area contributed by atoms with Crippen LogP contribution in [-0.2, 0) is 4.79 Å². The molecule has 5 rings (SSSR count). The minimum Gasteiger partial charge on any atom is -0.497 e. The summed E-state index contributed by atoms with van der Waals surface area (Å²) >= 11 is 1.03. The number of anilines is 2. The summed E-state index contributed by atoms with van der Waals surface area (Å²) in [5.41, 5.74) is 10.3. The lowest BCUT2D eigenvalue weighted by Crippen LogP contribution is -2.46. The number of rotatable bonds is 9. The van der Waals surface area contributed by atoms with Gasteiger partial charge in [-0.1, -0.05) is 43.2 Å². The number of amides is 2. The molecule has 1 aliphatic rings. The molecule has 3 N–H and O–H groups in total. The lowest BCUT2D eigenvalue weighted by Gasteiger charge is -2.33. The van der Waals surface area contributed by atoms with Crippen LogP contribution in [0.25, 0.3) is 11.3 Å². The fraction of sp³-hybridized carbons (Fsp3) is 0.281. The number of nitrogens with one attached hydrogen (secondary N) is 1. The molecule has 1 atom stereocenters. The summed E-state index contributed by atoms with van der Waals surface area (Å²) in [6.45, 7) is 1.92. The first-order chi connectivity index (χ1) is 19.9. The van der Waals surface area contributed by atoms with Gasteiger partial charge in [0, 0.05) is 17.3 Å². The number of aromatic nitrogens is 1. The van der Waals surface area contributed by atoms with Gasteiger partial charge in [-0.05, 0) is 84.9 Å². The van der Waals surface area contributed by atoms with Gasteiger partial charge in [0.25, 0.3) is 5.91 Å². The number of hydrogen-bond donors (Lipinski definition) is 2. The molecule has 41 heavy (non-hydrogen) atoms. The van der Waals surface area contributed by atoms with E-state index in [1.807, 2.05) is 67.6 Å². The Kier molecular flexibility index (Phi) is 8.54. The van der Waals surface area contributed by atoms with Crippen molar-refractivity contribution in [2.75, 3.05) is 24.9 Å². The zero-order valence-corrected chi connectivity index (χ0v) is 24.2.